The Balaban J connectivity index is 3.50. The lowest BCUT2D eigenvalue weighted by atomic mass is 9.86. The summed E-state index contributed by atoms with van der Waals surface area (Å²) < 4.78 is 297. The van der Waals surface area contributed by atoms with Gasteiger partial charge < -0.3 is 4.74 Å². The van der Waals surface area contributed by atoms with E-state index in [0.29, 0.717) is 12.1 Å². The second-order valence-electron chi connectivity index (χ2n) is 8.16. The number of esters is 1. The van der Waals surface area contributed by atoms with Crippen LogP contribution in [0.5, 0.6) is 0 Å². The molecule has 0 unspecified atom stereocenters. The van der Waals surface area contributed by atoms with Crippen LogP contribution >= 0.6 is 0 Å². The van der Waals surface area contributed by atoms with E-state index in [1.807, 2.05) is 0 Å². The Morgan fingerprint density at radius 2 is 0.837 bits per heavy atom. The summed E-state index contributed by atoms with van der Waals surface area (Å²) in [6.07, 6.45) is -11.2. The Labute approximate surface area is 221 Å². The molecule has 0 aromatic heterocycles. The highest BCUT2D eigenvalue weighted by atomic mass is 19.4. The van der Waals surface area contributed by atoms with Crippen LogP contribution in [-0.2, 0) is 4.74 Å². The standard InChI is InChI=1S/C19H8F22O2/c20-8-4-2-1-3-7(8)9(42)43-6-5-10(21,22)11(23,24)12(25,26)13(27,28)14(29,30)15(31,32)16(33,34)17(35,36)18(37,38)19(39,40)41/h1-4H,5-6H2. The molecule has 0 bridgehead atoms. The molecule has 1 aromatic carbocycles. The first-order valence-electron chi connectivity index (χ1n) is 10.0. The maximum absolute atomic E-state index is 13.8. The van der Waals surface area contributed by atoms with Crippen LogP contribution in [0.1, 0.15) is 16.8 Å². The molecular weight excluding hydrogens is 678 g/mol. The van der Waals surface area contributed by atoms with Crippen molar-refractivity contribution in [1.29, 1.82) is 0 Å². The fourth-order valence-electron chi connectivity index (χ4n) is 2.72. The molecule has 1 aromatic rings. The average molecular weight is 686 g/mol. The van der Waals surface area contributed by atoms with Crippen molar-refractivity contribution in [3.05, 3.63) is 35.6 Å². The van der Waals surface area contributed by atoms with Crippen molar-refractivity contribution in [3.8, 4) is 0 Å². The number of carbonyl (C=O) groups is 1. The summed E-state index contributed by atoms with van der Waals surface area (Å²) in [6.45, 7) is -2.30. The van der Waals surface area contributed by atoms with Crippen LogP contribution in [0.3, 0.4) is 0 Å². The van der Waals surface area contributed by atoms with E-state index in [1.165, 1.54) is 0 Å². The molecule has 0 atom stereocenters. The maximum Gasteiger partial charge on any atom is 0.460 e. The monoisotopic (exact) mass is 686 g/mol. The minimum Gasteiger partial charge on any atom is -0.462 e. The van der Waals surface area contributed by atoms with Crippen molar-refractivity contribution < 1.29 is 106 Å². The van der Waals surface area contributed by atoms with Crippen LogP contribution < -0.4 is 0 Å². The van der Waals surface area contributed by atoms with Gasteiger partial charge in [-0.15, -0.1) is 0 Å². The molecule has 2 nitrogen and oxygen atoms in total. The zero-order valence-electron chi connectivity index (χ0n) is 19.4. The van der Waals surface area contributed by atoms with Gasteiger partial charge in [-0.25, -0.2) is 9.18 Å². The van der Waals surface area contributed by atoms with Crippen molar-refractivity contribution in [2.24, 2.45) is 0 Å². The second kappa shape index (κ2) is 10.6. The summed E-state index contributed by atoms with van der Waals surface area (Å²) in [5.74, 6) is -81.5. The zero-order valence-corrected chi connectivity index (χ0v) is 19.4. The summed E-state index contributed by atoms with van der Waals surface area (Å²) in [5, 5.41) is 0. The van der Waals surface area contributed by atoms with Crippen LogP contribution in [-0.4, -0.2) is 72.1 Å². The maximum atomic E-state index is 13.8. The largest absolute Gasteiger partial charge is 0.462 e. The topological polar surface area (TPSA) is 26.3 Å². The molecule has 0 N–H and O–H groups in total. The van der Waals surface area contributed by atoms with Gasteiger partial charge in [-0.2, -0.15) is 92.2 Å². The predicted molar refractivity (Wildman–Crippen MR) is 91.9 cm³/mol. The quantitative estimate of drug-likeness (QED) is 0.163. The van der Waals surface area contributed by atoms with Crippen LogP contribution in [0.4, 0.5) is 96.6 Å². The lowest BCUT2D eigenvalue weighted by Crippen LogP contribution is -2.76. The van der Waals surface area contributed by atoms with E-state index < -0.39 is 89.9 Å². The van der Waals surface area contributed by atoms with Gasteiger partial charge in [0.25, 0.3) is 0 Å². The highest BCUT2D eigenvalue weighted by Crippen LogP contribution is 2.66. The molecule has 0 amide bonds. The molecule has 250 valence electrons. The van der Waals surface area contributed by atoms with Crippen molar-refractivity contribution in [3.63, 3.8) is 0 Å². The number of ether oxygens (including phenoxy) is 1. The molecule has 0 fully saturated rings. The third-order valence-electron chi connectivity index (χ3n) is 5.32. The van der Waals surface area contributed by atoms with Crippen molar-refractivity contribution in [2.45, 2.75) is 65.9 Å². The number of rotatable bonds is 12. The van der Waals surface area contributed by atoms with Gasteiger partial charge in [0.15, 0.2) is 0 Å². The number of hydrogen-bond acceptors (Lipinski definition) is 2. The lowest BCUT2D eigenvalue weighted by Gasteiger charge is -2.44. The Kier molecular flexibility index (Phi) is 9.45. The molecule has 1 rings (SSSR count). The lowest BCUT2D eigenvalue weighted by molar-refractivity contribution is -0.474. The number of hydrogen-bond donors (Lipinski definition) is 0. The van der Waals surface area contributed by atoms with E-state index in [9.17, 15) is 101 Å². The number of alkyl halides is 21. The zero-order chi connectivity index (χ0) is 34.7. The second-order valence-corrected chi connectivity index (χ2v) is 8.16. The molecule has 0 aliphatic carbocycles. The van der Waals surface area contributed by atoms with Crippen LogP contribution in [0.25, 0.3) is 0 Å². The third-order valence-corrected chi connectivity index (χ3v) is 5.32. The fraction of sp³-hybridized carbons (Fsp3) is 0.632. The van der Waals surface area contributed by atoms with Crippen LogP contribution in [0, 0.1) is 5.82 Å². The summed E-state index contributed by atoms with van der Waals surface area (Å²) in [5.41, 5.74) is -1.15. The molecule has 24 heteroatoms. The Morgan fingerprint density at radius 3 is 1.19 bits per heavy atom. The predicted octanol–water partition coefficient (Wildman–Crippen LogP) is 8.65. The molecule has 0 radical (unpaired) electrons. The Morgan fingerprint density at radius 1 is 0.512 bits per heavy atom. The van der Waals surface area contributed by atoms with E-state index in [1.54, 1.807) is 0 Å². The first kappa shape index (κ1) is 38.2. The molecule has 43 heavy (non-hydrogen) atoms. The van der Waals surface area contributed by atoms with Crippen molar-refractivity contribution in [2.75, 3.05) is 6.61 Å². The summed E-state index contributed by atoms with van der Waals surface area (Å²) in [4.78, 5) is 11.5. The van der Waals surface area contributed by atoms with E-state index >= 15 is 0 Å². The minimum atomic E-state index is -9.26. The molecule has 0 aliphatic heterocycles. The smallest absolute Gasteiger partial charge is 0.460 e. The van der Waals surface area contributed by atoms with Gasteiger partial charge in [0, 0.05) is 0 Å². The molecule has 0 spiro atoms. The average Bonchev–Trinajstić information content (AvgIpc) is 2.82. The van der Waals surface area contributed by atoms with Gasteiger partial charge in [0.05, 0.1) is 18.6 Å². The van der Waals surface area contributed by atoms with Gasteiger partial charge in [0.1, 0.15) is 5.82 Å². The summed E-state index contributed by atoms with van der Waals surface area (Å²) >= 11 is 0. The summed E-state index contributed by atoms with van der Waals surface area (Å²) in [6, 6.07) is 2.86. The first-order chi connectivity index (χ1) is 18.6. The van der Waals surface area contributed by atoms with Crippen LogP contribution in [0.2, 0.25) is 0 Å². The number of carbonyl (C=O) groups excluding carboxylic acids is 1. The van der Waals surface area contributed by atoms with Gasteiger partial charge >= 0.3 is 65.4 Å². The molecule has 0 saturated heterocycles. The molecule has 0 heterocycles. The fourth-order valence-corrected chi connectivity index (χ4v) is 2.72. The molecule has 0 saturated carbocycles. The van der Waals surface area contributed by atoms with Gasteiger partial charge in [-0.3, -0.25) is 0 Å². The van der Waals surface area contributed by atoms with E-state index in [-0.39, 0.29) is 0 Å². The van der Waals surface area contributed by atoms with Crippen molar-refractivity contribution in [1.82, 2.24) is 0 Å². The van der Waals surface area contributed by atoms with Gasteiger partial charge in [-0.1, -0.05) is 12.1 Å². The van der Waals surface area contributed by atoms with Crippen molar-refractivity contribution >= 4 is 5.97 Å². The van der Waals surface area contributed by atoms with Gasteiger partial charge in [-0.05, 0) is 12.1 Å². The number of benzene rings is 1. The van der Waals surface area contributed by atoms with Gasteiger partial charge in [0.2, 0.25) is 0 Å². The SMILES string of the molecule is O=C(OCCC(F)(F)C(F)(F)C(F)(F)C(F)(F)C(F)(F)C(F)(F)C(F)(F)C(F)(F)C(F)(F)C(F)(F)F)c1ccccc1F. The van der Waals surface area contributed by atoms with E-state index in [4.69, 9.17) is 0 Å². The van der Waals surface area contributed by atoms with E-state index in [2.05, 4.69) is 4.74 Å². The highest BCUT2D eigenvalue weighted by Gasteiger charge is 2.97. The number of halogens is 22. The normalized spacial score (nSPS) is 15.5. The molecule has 0 aliphatic rings. The Bertz CT molecular complexity index is 1170. The highest BCUT2D eigenvalue weighted by molar-refractivity contribution is 5.89. The first-order valence-corrected chi connectivity index (χ1v) is 10.0. The van der Waals surface area contributed by atoms with E-state index in [0.717, 1.165) is 12.1 Å². The Hall–Kier alpha value is -2.85. The minimum absolute atomic E-state index is 0.515. The summed E-state index contributed by atoms with van der Waals surface area (Å²) in [7, 11) is 0. The third kappa shape index (κ3) is 5.39. The molecular formula is C19H8F22O2. The van der Waals surface area contributed by atoms with Crippen LogP contribution in [0.15, 0.2) is 24.3 Å².